The maximum Gasteiger partial charge on any atom is 0.416 e. The fraction of sp³-hybridized carbons (Fsp3) is 0.133. The molecule has 0 saturated heterocycles. The second kappa shape index (κ2) is 6.26. The molecular formula is C15H8F7NO2. The standard InChI is InChI=1S/C15H8F7NO2/c16-11-3-1-2-10(12(11)24)13(25)23-9-5-7(14(17,18)19)4-8(6-9)15(20,21)22/h1-6,24H,(H,23,25). The molecule has 0 aliphatic heterocycles. The van der Waals surface area contributed by atoms with Crippen LogP contribution >= 0.6 is 0 Å². The number of amides is 1. The summed E-state index contributed by atoms with van der Waals surface area (Å²) in [6.07, 6.45) is -10.2. The van der Waals surface area contributed by atoms with E-state index in [0.717, 1.165) is 18.2 Å². The Morgan fingerprint density at radius 3 is 1.92 bits per heavy atom. The maximum absolute atomic E-state index is 13.2. The zero-order chi connectivity index (χ0) is 19.0. The van der Waals surface area contributed by atoms with Crippen LogP contribution in [0.3, 0.4) is 0 Å². The molecule has 0 aliphatic carbocycles. The lowest BCUT2D eigenvalue weighted by Gasteiger charge is -2.15. The number of anilines is 1. The largest absolute Gasteiger partial charge is 0.504 e. The van der Waals surface area contributed by atoms with Gasteiger partial charge in [0.05, 0.1) is 16.7 Å². The zero-order valence-electron chi connectivity index (χ0n) is 12.0. The van der Waals surface area contributed by atoms with Gasteiger partial charge in [0, 0.05) is 5.69 Å². The third kappa shape index (κ3) is 4.20. The first-order valence-corrected chi connectivity index (χ1v) is 6.48. The summed E-state index contributed by atoms with van der Waals surface area (Å²) in [5.74, 6) is -3.53. The molecule has 0 spiro atoms. The average Bonchev–Trinajstić information content (AvgIpc) is 2.47. The molecule has 25 heavy (non-hydrogen) atoms. The number of benzene rings is 2. The van der Waals surface area contributed by atoms with E-state index in [1.54, 1.807) is 5.32 Å². The molecule has 0 saturated carbocycles. The molecule has 3 nitrogen and oxygen atoms in total. The highest BCUT2D eigenvalue weighted by atomic mass is 19.4. The molecule has 2 rings (SSSR count). The van der Waals surface area contributed by atoms with E-state index < -0.39 is 52.2 Å². The number of hydrogen-bond acceptors (Lipinski definition) is 2. The summed E-state index contributed by atoms with van der Waals surface area (Å²) in [5.41, 5.74) is -4.70. The lowest BCUT2D eigenvalue weighted by Crippen LogP contribution is -2.16. The van der Waals surface area contributed by atoms with Crippen LogP contribution < -0.4 is 5.32 Å². The Kier molecular flexibility index (Phi) is 4.65. The molecule has 0 atom stereocenters. The van der Waals surface area contributed by atoms with Crippen LogP contribution in [0.4, 0.5) is 36.4 Å². The van der Waals surface area contributed by atoms with Gasteiger partial charge in [-0.1, -0.05) is 6.07 Å². The summed E-state index contributed by atoms with van der Waals surface area (Å²) < 4.78 is 89.7. The van der Waals surface area contributed by atoms with Crippen molar-refractivity contribution in [2.45, 2.75) is 12.4 Å². The second-order valence-corrected chi connectivity index (χ2v) is 4.88. The van der Waals surface area contributed by atoms with Crippen molar-refractivity contribution in [2.24, 2.45) is 0 Å². The molecule has 2 N–H and O–H groups in total. The summed E-state index contributed by atoms with van der Waals surface area (Å²) in [7, 11) is 0. The van der Waals surface area contributed by atoms with Crippen molar-refractivity contribution >= 4 is 11.6 Å². The number of halogens is 7. The van der Waals surface area contributed by atoms with E-state index >= 15 is 0 Å². The van der Waals surface area contributed by atoms with Crippen molar-refractivity contribution in [1.82, 2.24) is 0 Å². The molecule has 134 valence electrons. The van der Waals surface area contributed by atoms with Crippen LogP contribution in [0, 0.1) is 5.82 Å². The molecular weight excluding hydrogens is 359 g/mol. The van der Waals surface area contributed by atoms with Crippen molar-refractivity contribution in [1.29, 1.82) is 0 Å². The molecule has 0 fully saturated rings. The number of carbonyl (C=O) groups excluding carboxylic acids is 1. The van der Waals surface area contributed by atoms with E-state index in [9.17, 15) is 40.6 Å². The minimum atomic E-state index is -5.08. The highest BCUT2D eigenvalue weighted by Gasteiger charge is 2.37. The molecule has 0 bridgehead atoms. The van der Waals surface area contributed by atoms with E-state index in [-0.39, 0.29) is 6.07 Å². The number of alkyl halides is 6. The van der Waals surface area contributed by atoms with E-state index in [0.29, 0.717) is 12.1 Å². The predicted octanol–water partition coefficient (Wildman–Crippen LogP) is 4.82. The molecule has 2 aromatic carbocycles. The highest BCUT2D eigenvalue weighted by molar-refractivity contribution is 6.06. The number of hydrogen-bond donors (Lipinski definition) is 2. The van der Waals surface area contributed by atoms with Gasteiger partial charge in [-0.15, -0.1) is 0 Å². The molecule has 2 aromatic rings. The lowest BCUT2D eigenvalue weighted by atomic mass is 10.1. The second-order valence-electron chi connectivity index (χ2n) is 4.88. The quantitative estimate of drug-likeness (QED) is 0.748. The van der Waals surface area contributed by atoms with Gasteiger partial charge in [-0.25, -0.2) is 4.39 Å². The summed E-state index contributed by atoms with van der Waals surface area (Å²) in [5, 5.41) is 11.2. The smallest absolute Gasteiger partial charge is 0.416 e. The number of nitrogens with one attached hydrogen (secondary N) is 1. The molecule has 10 heteroatoms. The summed E-state index contributed by atoms with van der Waals surface area (Å²) in [6.45, 7) is 0. The van der Waals surface area contributed by atoms with Crippen molar-refractivity contribution in [2.75, 3.05) is 5.32 Å². The van der Waals surface area contributed by atoms with Crippen LogP contribution in [-0.4, -0.2) is 11.0 Å². The number of rotatable bonds is 2. The van der Waals surface area contributed by atoms with Gasteiger partial charge in [-0.3, -0.25) is 4.79 Å². The minimum Gasteiger partial charge on any atom is -0.504 e. The Morgan fingerprint density at radius 1 is 0.920 bits per heavy atom. The predicted molar refractivity (Wildman–Crippen MR) is 72.5 cm³/mol. The van der Waals surface area contributed by atoms with Gasteiger partial charge in [0.1, 0.15) is 0 Å². The molecule has 0 aromatic heterocycles. The van der Waals surface area contributed by atoms with E-state index in [1.807, 2.05) is 0 Å². The molecule has 0 aliphatic rings. The number of carbonyl (C=O) groups is 1. The van der Waals surface area contributed by atoms with Crippen LogP contribution in [0.25, 0.3) is 0 Å². The number of aromatic hydroxyl groups is 1. The van der Waals surface area contributed by atoms with Crippen LogP contribution in [0.1, 0.15) is 21.5 Å². The Morgan fingerprint density at radius 2 is 1.44 bits per heavy atom. The number of para-hydroxylation sites is 1. The number of phenols is 1. The minimum absolute atomic E-state index is 0.102. The SMILES string of the molecule is O=C(Nc1cc(C(F)(F)F)cc(C(F)(F)F)c1)c1cccc(F)c1O. The fourth-order valence-electron chi connectivity index (χ4n) is 1.92. The molecule has 1 amide bonds. The fourth-order valence-corrected chi connectivity index (χ4v) is 1.92. The Bertz CT molecular complexity index is 780. The van der Waals surface area contributed by atoms with Crippen LogP contribution in [0.15, 0.2) is 36.4 Å². The molecule has 0 unspecified atom stereocenters. The van der Waals surface area contributed by atoms with Crippen LogP contribution in [0.5, 0.6) is 5.75 Å². The van der Waals surface area contributed by atoms with Gasteiger partial charge < -0.3 is 10.4 Å². The van der Waals surface area contributed by atoms with E-state index in [2.05, 4.69) is 0 Å². The number of phenolic OH excluding ortho intramolecular Hbond substituents is 1. The first kappa shape index (κ1) is 18.6. The highest BCUT2D eigenvalue weighted by Crippen LogP contribution is 2.37. The summed E-state index contributed by atoms with van der Waals surface area (Å²) in [6, 6.07) is 3.30. The van der Waals surface area contributed by atoms with Crippen molar-refractivity contribution in [3.05, 3.63) is 58.9 Å². The monoisotopic (exact) mass is 367 g/mol. The Balaban J connectivity index is 2.45. The van der Waals surface area contributed by atoms with Crippen LogP contribution in [0.2, 0.25) is 0 Å². The van der Waals surface area contributed by atoms with E-state index in [1.165, 1.54) is 0 Å². The summed E-state index contributed by atoms with van der Waals surface area (Å²) >= 11 is 0. The average molecular weight is 367 g/mol. The van der Waals surface area contributed by atoms with Crippen molar-refractivity contribution < 1.29 is 40.6 Å². The van der Waals surface area contributed by atoms with E-state index in [4.69, 9.17) is 0 Å². The van der Waals surface area contributed by atoms with Crippen molar-refractivity contribution in [3.8, 4) is 5.75 Å². The van der Waals surface area contributed by atoms with Crippen LogP contribution in [-0.2, 0) is 12.4 Å². The lowest BCUT2D eigenvalue weighted by molar-refractivity contribution is -0.143. The topological polar surface area (TPSA) is 49.3 Å². The first-order chi connectivity index (χ1) is 11.4. The third-order valence-electron chi connectivity index (χ3n) is 3.08. The van der Waals surface area contributed by atoms with Gasteiger partial charge in [0.15, 0.2) is 11.6 Å². The third-order valence-corrected chi connectivity index (χ3v) is 3.08. The molecule has 0 heterocycles. The van der Waals surface area contributed by atoms with Gasteiger partial charge in [-0.2, -0.15) is 26.3 Å². The maximum atomic E-state index is 13.2. The first-order valence-electron chi connectivity index (χ1n) is 6.48. The van der Waals surface area contributed by atoms with Gasteiger partial charge >= 0.3 is 12.4 Å². The molecule has 0 radical (unpaired) electrons. The van der Waals surface area contributed by atoms with Crippen molar-refractivity contribution in [3.63, 3.8) is 0 Å². The summed E-state index contributed by atoms with van der Waals surface area (Å²) in [4.78, 5) is 11.9. The Hall–Kier alpha value is -2.78. The Labute approximate surface area is 135 Å². The zero-order valence-corrected chi connectivity index (χ0v) is 12.0. The normalized spacial score (nSPS) is 12.1. The van der Waals surface area contributed by atoms with Gasteiger partial charge in [0.2, 0.25) is 0 Å². The van der Waals surface area contributed by atoms with Gasteiger partial charge in [0.25, 0.3) is 5.91 Å². The van der Waals surface area contributed by atoms with Gasteiger partial charge in [-0.05, 0) is 30.3 Å².